The number of rotatable bonds is 2. The molecular formula is C12H11N3O3S. The normalized spacial score (nSPS) is 19.5. The van der Waals surface area contributed by atoms with Crippen LogP contribution in [0.5, 0.6) is 0 Å². The van der Waals surface area contributed by atoms with Crippen molar-refractivity contribution in [1.82, 2.24) is 4.90 Å². The predicted molar refractivity (Wildman–Crippen MR) is 74.8 cm³/mol. The summed E-state index contributed by atoms with van der Waals surface area (Å²) in [6, 6.07) is 6.15. The van der Waals surface area contributed by atoms with Crippen LogP contribution in [0.15, 0.2) is 34.2 Å². The Hall–Kier alpha value is -2.15. The molecule has 1 fully saturated rings. The first-order valence-electron chi connectivity index (χ1n) is 5.42. The van der Waals surface area contributed by atoms with E-state index in [0.717, 1.165) is 0 Å². The Morgan fingerprint density at radius 1 is 1.47 bits per heavy atom. The number of nitro groups is 1. The number of non-ortho nitro benzene ring substituents is 1. The number of hydrogen-bond donors (Lipinski definition) is 0. The van der Waals surface area contributed by atoms with Crippen molar-refractivity contribution < 1.29 is 9.72 Å². The Morgan fingerprint density at radius 3 is 2.79 bits per heavy atom. The highest BCUT2D eigenvalue weighted by molar-refractivity contribution is 8.18. The number of amidine groups is 1. The van der Waals surface area contributed by atoms with E-state index in [1.165, 1.54) is 28.8 Å². The summed E-state index contributed by atoms with van der Waals surface area (Å²) in [5, 5.41) is 11.3. The lowest BCUT2D eigenvalue weighted by atomic mass is 10.2. The Labute approximate surface area is 114 Å². The number of likely N-dealkylation sites (N-methyl/N-ethyl adjacent to an activating group) is 1. The van der Waals surface area contributed by atoms with E-state index in [4.69, 9.17) is 0 Å². The molecule has 7 heteroatoms. The molecule has 1 aromatic rings. The molecule has 0 spiro atoms. The van der Waals surface area contributed by atoms with Crippen LogP contribution in [0, 0.1) is 10.1 Å². The highest BCUT2D eigenvalue weighted by Gasteiger charge is 2.29. The fourth-order valence-corrected chi connectivity index (χ4v) is 2.56. The van der Waals surface area contributed by atoms with E-state index < -0.39 is 4.92 Å². The molecule has 0 aliphatic carbocycles. The third-order valence-electron chi connectivity index (χ3n) is 2.57. The minimum Gasteiger partial charge on any atom is -0.290 e. The van der Waals surface area contributed by atoms with Gasteiger partial charge < -0.3 is 0 Å². The van der Waals surface area contributed by atoms with Gasteiger partial charge in [-0.05, 0) is 23.4 Å². The SMILES string of the molecule is CN=C1S/C(=C\c2cccc([N+](=O)[O-])c2)C(=O)N1C. The van der Waals surface area contributed by atoms with Crippen LogP contribution in [-0.4, -0.2) is 35.0 Å². The summed E-state index contributed by atoms with van der Waals surface area (Å²) in [5.74, 6) is -0.155. The fourth-order valence-electron chi connectivity index (χ4n) is 1.63. The number of nitro benzene ring substituents is 1. The minimum absolute atomic E-state index is 0.00234. The summed E-state index contributed by atoms with van der Waals surface area (Å²) in [6.45, 7) is 0. The number of benzene rings is 1. The monoisotopic (exact) mass is 277 g/mol. The van der Waals surface area contributed by atoms with Crippen LogP contribution < -0.4 is 0 Å². The molecule has 1 aromatic carbocycles. The average molecular weight is 277 g/mol. The molecule has 19 heavy (non-hydrogen) atoms. The van der Waals surface area contributed by atoms with E-state index in [2.05, 4.69) is 4.99 Å². The van der Waals surface area contributed by atoms with Crippen molar-refractivity contribution in [3.05, 3.63) is 44.8 Å². The molecule has 6 nitrogen and oxygen atoms in total. The van der Waals surface area contributed by atoms with Crippen molar-refractivity contribution in [2.24, 2.45) is 4.99 Å². The summed E-state index contributed by atoms with van der Waals surface area (Å²) in [5.41, 5.74) is 0.623. The van der Waals surface area contributed by atoms with Crippen LogP contribution in [-0.2, 0) is 4.79 Å². The van der Waals surface area contributed by atoms with Crippen LogP contribution >= 0.6 is 11.8 Å². The molecule has 0 radical (unpaired) electrons. The minimum atomic E-state index is -0.462. The maximum atomic E-state index is 11.9. The molecule has 0 atom stereocenters. The maximum Gasteiger partial charge on any atom is 0.270 e. The quantitative estimate of drug-likeness (QED) is 0.471. The summed E-state index contributed by atoms with van der Waals surface area (Å²) >= 11 is 1.25. The van der Waals surface area contributed by atoms with Gasteiger partial charge in [-0.1, -0.05) is 12.1 Å². The topological polar surface area (TPSA) is 75.8 Å². The largest absolute Gasteiger partial charge is 0.290 e. The second-order valence-corrected chi connectivity index (χ2v) is 4.84. The van der Waals surface area contributed by atoms with Gasteiger partial charge in [0.25, 0.3) is 11.6 Å². The van der Waals surface area contributed by atoms with Crippen LogP contribution in [0.2, 0.25) is 0 Å². The van der Waals surface area contributed by atoms with Crippen LogP contribution in [0.25, 0.3) is 6.08 Å². The maximum absolute atomic E-state index is 11.9. The smallest absolute Gasteiger partial charge is 0.270 e. The number of carbonyl (C=O) groups excluding carboxylic acids is 1. The first-order chi connectivity index (χ1) is 9.02. The van der Waals surface area contributed by atoms with Gasteiger partial charge in [0.1, 0.15) is 0 Å². The Kier molecular flexibility index (Phi) is 3.66. The number of amides is 1. The van der Waals surface area contributed by atoms with Crippen LogP contribution in [0.4, 0.5) is 5.69 Å². The molecule has 1 heterocycles. The summed E-state index contributed by atoms with van der Waals surface area (Å²) in [7, 11) is 3.26. The van der Waals surface area contributed by atoms with Crippen molar-refractivity contribution in [3.8, 4) is 0 Å². The zero-order chi connectivity index (χ0) is 14.0. The molecule has 1 amide bonds. The van der Waals surface area contributed by atoms with Crippen molar-refractivity contribution in [2.75, 3.05) is 14.1 Å². The molecule has 1 saturated heterocycles. The van der Waals surface area contributed by atoms with E-state index in [1.807, 2.05) is 0 Å². The van der Waals surface area contributed by atoms with Crippen molar-refractivity contribution in [1.29, 1.82) is 0 Å². The van der Waals surface area contributed by atoms with Gasteiger partial charge >= 0.3 is 0 Å². The number of carbonyl (C=O) groups is 1. The third kappa shape index (κ3) is 2.65. The van der Waals surface area contributed by atoms with E-state index >= 15 is 0 Å². The van der Waals surface area contributed by atoms with Crippen molar-refractivity contribution >= 4 is 34.6 Å². The molecule has 0 aromatic heterocycles. The molecule has 0 N–H and O–H groups in total. The number of hydrogen-bond acceptors (Lipinski definition) is 5. The van der Waals surface area contributed by atoms with Gasteiger partial charge in [-0.25, -0.2) is 0 Å². The highest BCUT2D eigenvalue weighted by Crippen LogP contribution is 2.31. The van der Waals surface area contributed by atoms with E-state index in [-0.39, 0.29) is 11.6 Å². The molecule has 98 valence electrons. The van der Waals surface area contributed by atoms with Gasteiger partial charge in [-0.15, -0.1) is 0 Å². The van der Waals surface area contributed by atoms with Gasteiger partial charge in [-0.3, -0.25) is 24.8 Å². The van der Waals surface area contributed by atoms with E-state index in [9.17, 15) is 14.9 Å². The Balaban J connectivity index is 2.35. The number of nitrogens with zero attached hydrogens (tertiary/aromatic N) is 3. The zero-order valence-corrected chi connectivity index (χ0v) is 11.2. The molecule has 2 rings (SSSR count). The number of thioether (sulfide) groups is 1. The lowest BCUT2D eigenvalue weighted by Gasteiger charge is -2.04. The third-order valence-corrected chi connectivity index (χ3v) is 3.73. The first-order valence-corrected chi connectivity index (χ1v) is 6.23. The van der Waals surface area contributed by atoms with Crippen LogP contribution in [0.3, 0.4) is 0 Å². The molecule has 1 aliphatic heterocycles. The lowest BCUT2D eigenvalue weighted by Crippen LogP contribution is -2.23. The van der Waals surface area contributed by atoms with E-state index in [1.54, 1.807) is 32.3 Å². The lowest BCUT2D eigenvalue weighted by molar-refractivity contribution is -0.384. The molecule has 0 bridgehead atoms. The zero-order valence-electron chi connectivity index (χ0n) is 10.4. The average Bonchev–Trinajstić information content (AvgIpc) is 2.67. The molecule has 0 unspecified atom stereocenters. The van der Waals surface area contributed by atoms with Gasteiger partial charge in [0.15, 0.2) is 5.17 Å². The highest BCUT2D eigenvalue weighted by atomic mass is 32.2. The van der Waals surface area contributed by atoms with Crippen molar-refractivity contribution in [3.63, 3.8) is 0 Å². The van der Waals surface area contributed by atoms with Crippen LogP contribution in [0.1, 0.15) is 5.56 Å². The Morgan fingerprint density at radius 2 is 2.21 bits per heavy atom. The molecule has 1 aliphatic rings. The molecule has 0 saturated carbocycles. The first kappa shape index (κ1) is 13.3. The Bertz CT molecular complexity index is 610. The second-order valence-electron chi connectivity index (χ2n) is 3.83. The molecular weight excluding hydrogens is 266 g/mol. The van der Waals surface area contributed by atoms with E-state index in [0.29, 0.717) is 15.6 Å². The summed E-state index contributed by atoms with van der Waals surface area (Å²) in [4.78, 5) is 28.1. The number of aliphatic imine (C=N–C) groups is 1. The predicted octanol–water partition coefficient (Wildman–Crippen LogP) is 2.13. The van der Waals surface area contributed by atoms with Gasteiger partial charge in [0, 0.05) is 26.2 Å². The van der Waals surface area contributed by atoms with Gasteiger partial charge in [0.2, 0.25) is 0 Å². The standard InChI is InChI=1S/C12H11N3O3S/c1-13-12-14(2)11(16)10(19-12)7-8-4-3-5-9(6-8)15(17)18/h3-7H,1-2H3/b10-7-,13-12?. The summed E-state index contributed by atoms with van der Waals surface area (Å²) in [6.07, 6.45) is 1.63. The fraction of sp³-hybridized carbons (Fsp3) is 0.167. The van der Waals surface area contributed by atoms with Gasteiger partial charge in [0.05, 0.1) is 9.83 Å². The van der Waals surface area contributed by atoms with Gasteiger partial charge in [-0.2, -0.15) is 0 Å². The summed E-state index contributed by atoms with van der Waals surface area (Å²) < 4.78 is 0. The van der Waals surface area contributed by atoms with Crippen molar-refractivity contribution in [2.45, 2.75) is 0 Å². The second kappa shape index (κ2) is 5.23.